The van der Waals surface area contributed by atoms with Crippen molar-refractivity contribution in [2.45, 2.75) is 6.17 Å². The minimum Gasteiger partial charge on any atom is -0.493 e. The minimum absolute atomic E-state index is 0.144. The number of fused-ring (bicyclic) bond motifs is 1. The average molecular weight is 316 g/mol. The van der Waals surface area contributed by atoms with Crippen molar-refractivity contribution in [2.24, 2.45) is 0 Å². The van der Waals surface area contributed by atoms with Gasteiger partial charge < -0.3 is 19.7 Å². The molecule has 0 saturated heterocycles. The van der Waals surface area contributed by atoms with Gasteiger partial charge in [0.25, 0.3) is 5.91 Å². The average Bonchev–Trinajstić information content (AvgIpc) is 2.58. The van der Waals surface area contributed by atoms with Crippen LogP contribution in [0.5, 0.6) is 11.5 Å². The maximum absolute atomic E-state index is 13.1. The number of hydrogen-bond donors (Lipinski definition) is 1. The topological polar surface area (TPSA) is 50.8 Å². The number of halogens is 1. The molecule has 120 valence electrons. The van der Waals surface area contributed by atoms with E-state index < -0.39 is 0 Å². The fourth-order valence-corrected chi connectivity index (χ4v) is 2.68. The zero-order valence-electron chi connectivity index (χ0n) is 13.1. The number of benzene rings is 2. The van der Waals surface area contributed by atoms with Gasteiger partial charge in [-0.25, -0.2) is 4.39 Å². The summed E-state index contributed by atoms with van der Waals surface area (Å²) in [4.78, 5) is 14.2. The largest absolute Gasteiger partial charge is 0.493 e. The van der Waals surface area contributed by atoms with Crippen molar-refractivity contribution in [1.29, 1.82) is 0 Å². The quantitative estimate of drug-likeness (QED) is 0.945. The molecule has 0 bridgehead atoms. The highest BCUT2D eigenvalue weighted by Gasteiger charge is 2.31. The maximum atomic E-state index is 13.1. The van der Waals surface area contributed by atoms with E-state index in [4.69, 9.17) is 9.47 Å². The fraction of sp³-hybridized carbons (Fsp3) is 0.235. The van der Waals surface area contributed by atoms with Crippen LogP contribution >= 0.6 is 0 Å². The van der Waals surface area contributed by atoms with Crippen LogP contribution in [0.3, 0.4) is 0 Å². The summed E-state index contributed by atoms with van der Waals surface area (Å²) in [6, 6.07) is 9.44. The van der Waals surface area contributed by atoms with Crippen LogP contribution in [0.2, 0.25) is 0 Å². The van der Waals surface area contributed by atoms with Gasteiger partial charge in [-0.2, -0.15) is 0 Å². The number of methoxy groups -OCH3 is 2. The van der Waals surface area contributed by atoms with Gasteiger partial charge in [0.1, 0.15) is 12.0 Å². The van der Waals surface area contributed by atoms with E-state index in [-0.39, 0.29) is 17.9 Å². The third kappa shape index (κ3) is 2.56. The van der Waals surface area contributed by atoms with Crippen molar-refractivity contribution in [1.82, 2.24) is 4.90 Å². The van der Waals surface area contributed by atoms with Crippen LogP contribution < -0.4 is 14.8 Å². The van der Waals surface area contributed by atoms with Crippen molar-refractivity contribution in [3.05, 3.63) is 53.3 Å². The Morgan fingerprint density at radius 3 is 2.30 bits per heavy atom. The lowest BCUT2D eigenvalue weighted by atomic mass is 10.0. The molecule has 1 N–H and O–H groups in total. The Labute approximate surface area is 133 Å². The second-order valence-corrected chi connectivity index (χ2v) is 5.27. The molecule has 1 amide bonds. The van der Waals surface area contributed by atoms with E-state index in [0.29, 0.717) is 22.7 Å². The molecule has 1 unspecified atom stereocenters. The summed E-state index contributed by atoms with van der Waals surface area (Å²) in [6.45, 7) is 0. The summed E-state index contributed by atoms with van der Waals surface area (Å²) < 4.78 is 23.6. The number of hydrogen-bond acceptors (Lipinski definition) is 4. The molecule has 0 spiro atoms. The van der Waals surface area contributed by atoms with Crippen LogP contribution in [0.25, 0.3) is 0 Å². The molecule has 0 radical (unpaired) electrons. The summed E-state index contributed by atoms with van der Waals surface area (Å²) in [5, 5.41) is 3.29. The molecule has 5 nitrogen and oxygen atoms in total. The second-order valence-electron chi connectivity index (χ2n) is 5.27. The molecule has 6 heteroatoms. The Morgan fingerprint density at radius 2 is 1.70 bits per heavy atom. The molecule has 1 heterocycles. The molecule has 0 saturated carbocycles. The van der Waals surface area contributed by atoms with Gasteiger partial charge in [0.05, 0.1) is 25.5 Å². The Hall–Kier alpha value is -2.76. The van der Waals surface area contributed by atoms with Gasteiger partial charge in [-0.1, -0.05) is 12.1 Å². The van der Waals surface area contributed by atoms with Gasteiger partial charge in [-0.15, -0.1) is 0 Å². The van der Waals surface area contributed by atoms with E-state index in [9.17, 15) is 9.18 Å². The van der Waals surface area contributed by atoms with Crippen molar-refractivity contribution in [2.75, 3.05) is 26.6 Å². The highest BCUT2D eigenvalue weighted by atomic mass is 19.1. The molecular weight excluding hydrogens is 299 g/mol. The van der Waals surface area contributed by atoms with Gasteiger partial charge in [0.2, 0.25) is 0 Å². The zero-order valence-corrected chi connectivity index (χ0v) is 13.1. The number of amides is 1. The predicted molar refractivity (Wildman–Crippen MR) is 84.4 cm³/mol. The summed E-state index contributed by atoms with van der Waals surface area (Å²) in [6.07, 6.45) is -0.381. The predicted octanol–water partition coefficient (Wildman–Crippen LogP) is 3.04. The van der Waals surface area contributed by atoms with E-state index >= 15 is 0 Å². The summed E-state index contributed by atoms with van der Waals surface area (Å²) in [5.74, 6) is 0.573. The maximum Gasteiger partial charge on any atom is 0.257 e. The van der Waals surface area contributed by atoms with Gasteiger partial charge in [-0.3, -0.25) is 4.79 Å². The Bertz CT molecular complexity index is 746. The number of carbonyl (C=O) groups excluding carboxylic acids is 1. The normalized spacial score (nSPS) is 16.6. The van der Waals surface area contributed by atoms with Crippen LogP contribution in [0.1, 0.15) is 22.1 Å². The van der Waals surface area contributed by atoms with Gasteiger partial charge in [0.15, 0.2) is 11.5 Å². The minimum atomic E-state index is -0.381. The number of anilines is 1. The number of nitrogens with zero attached hydrogens (tertiary/aromatic N) is 1. The molecule has 0 aromatic heterocycles. The molecule has 2 aromatic rings. The Kier molecular flexibility index (Phi) is 3.82. The third-order valence-corrected chi connectivity index (χ3v) is 3.94. The van der Waals surface area contributed by atoms with Crippen LogP contribution in [-0.2, 0) is 0 Å². The van der Waals surface area contributed by atoms with Crippen LogP contribution in [0.15, 0.2) is 36.4 Å². The molecule has 0 aliphatic carbocycles. The molecule has 1 aliphatic rings. The molecule has 3 rings (SSSR count). The van der Waals surface area contributed by atoms with Crippen molar-refractivity contribution < 1.29 is 18.7 Å². The summed E-state index contributed by atoms with van der Waals surface area (Å²) in [7, 11) is 4.76. The molecule has 0 fully saturated rings. The molecule has 1 aliphatic heterocycles. The highest BCUT2D eigenvalue weighted by molar-refractivity contribution is 6.02. The van der Waals surface area contributed by atoms with E-state index in [2.05, 4.69) is 5.32 Å². The molecule has 2 aromatic carbocycles. The number of ether oxygens (including phenoxy) is 2. The van der Waals surface area contributed by atoms with E-state index in [1.807, 2.05) is 0 Å². The van der Waals surface area contributed by atoms with Crippen molar-refractivity contribution >= 4 is 11.6 Å². The van der Waals surface area contributed by atoms with Gasteiger partial charge in [0, 0.05) is 13.1 Å². The second kappa shape index (κ2) is 5.79. The monoisotopic (exact) mass is 316 g/mol. The first kappa shape index (κ1) is 15.1. The van der Waals surface area contributed by atoms with E-state index in [0.717, 1.165) is 5.56 Å². The van der Waals surface area contributed by atoms with E-state index in [1.165, 1.54) is 19.2 Å². The number of nitrogens with one attached hydrogen (secondary N) is 1. The van der Waals surface area contributed by atoms with Crippen LogP contribution in [-0.4, -0.2) is 32.1 Å². The first-order valence-electron chi connectivity index (χ1n) is 7.10. The summed E-state index contributed by atoms with van der Waals surface area (Å²) in [5.41, 5.74) is 1.95. The van der Waals surface area contributed by atoms with Crippen LogP contribution in [0, 0.1) is 5.82 Å². The Morgan fingerprint density at radius 1 is 1.09 bits per heavy atom. The first-order chi connectivity index (χ1) is 11.0. The van der Waals surface area contributed by atoms with Gasteiger partial charge in [-0.05, 0) is 23.8 Å². The molecular formula is C17H17FN2O3. The fourth-order valence-electron chi connectivity index (χ4n) is 2.68. The van der Waals surface area contributed by atoms with Crippen molar-refractivity contribution in [3.63, 3.8) is 0 Å². The van der Waals surface area contributed by atoms with Gasteiger partial charge >= 0.3 is 0 Å². The van der Waals surface area contributed by atoms with Crippen molar-refractivity contribution in [3.8, 4) is 11.5 Å². The highest BCUT2D eigenvalue weighted by Crippen LogP contribution is 2.39. The lowest BCUT2D eigenvalue weighted by Gasteiger charge is -2.36. The lowest BCUT2D eigenvalue weighted by molar-refractivity contribution is 0.0735. The molecule has 23 heavy (non-hydrogen) atoms. The third-order valence-electron chi connectivity index (χ3n) is 3.94. The van der Waals surface area contributed by atoms with E-state index in [1.54, 1.807) is 43.3 Å². The van der Waals surface area contributed by atoms with Crippen LogP contribution in [0.4, 0.5) is 10.1 Å². The lowest BCUT2D eigenvalue weighted by Crippen LogP contribution is -2.40. The summed E-state index contributed by atoms with van der Waals surface area (Å²) >= 11 is 0. The SMILES string of the molecule is COc1cc2c(cc1OC)C(=O)N(C)C(c1ccc(F)cc1)N2. The molecule has 1 atom stereocenters. The number of rotatable bonds is 3. The Balaban J connectivity index is 2.04. The number of carbonyl (C=O) groups is 1. The smallest absolute Gasteiger partial charge is 0.257 e. The first-order valence-corrected chi connectivity index (χ1v) is 7.10. The standard InChI is InChI=1S/C17H17FN2O3/c1-20-16(10-4-6-11(18)7-5-10)19-13-9-15(23-3)14(22-2)8-12(13)17(20)21/h4-9,16,19H,1-3H3. The zero-order chi connectivity index (χ0) is 16.6.